The summed E-state index contributed by atoms with van der Waals surface area (Å²) in [4.78, 5) is 18.7. The SMILES string of the molecule is CC1CCC2(CC1)CSC(=NCC(=O)N1CCCCC1)N2. The summed E-state index contributed by atoms with van der Waals surface area (Å²) >= 11 is 1.81. The molecular formula is C16H27N3OS. The van der Waals surface area contributed by atoms with Crippen LogP contribution in [0.15, 0.2) is 4.99 Å². The molecule has 2 aliphatic heterocycles. The van der Waals surface area contributed by atoms with Crippen molar-refractivity contribution in [3.05, 3.63) is 0 Å². The van der Waals surface area contributed by atoms with E-state index in [2.05, 4.69) is 17.2 Å². The second kappa shape index (κ2) is 6.59. The lowest BCUT2D eigenvalue weighted by Crippen LogP contribution is -2.46. The lowest BCUT2D eigenvalue weighted by atomic mass is 9.78. The third-order valence-corrected chi connectivity index (χ3v) is 6.36. The summed E-state index contributed by atoms with van der Waals surface area (Å²) in [6.07, 6.45) is 8.69. The summed E-state index contributed by atoms with van der Waals surface area (Å²) in [5.74, 6) is 2.18. The van der Waals surface area contributed by atoms with Crippen LogP contribution in [0.2, 0.25) is 0 Å². The molecule has 0 bridgehead atoms. The van der Waals surface area contributed by atoms with Gasteiger partial charge in [0.2, 0.25) is 5.91 Å². The van der Waals surface area contributed by atoms with Crippen molar-refractivity contribution in [3.8, 4) is 0 Å². The van der Waals surface area contributed by atoms with Gasteiger partial charge in [-0.1, -0.05) is 18.7 Å². The van der Waals surface area contributed by atoms with Gasteiger partial charge in [0.15, 0.2) is 5.17 Å². The maximum absolute atomic E-state index is 12.1. The van der Waals surface area contributed by atoms with Crippen LogP contribution in [0, 0.1) is 5.92 Å². The summed E-state index contributed by atoms with van der Waals surface area (Å²) < 4.78 is 0. The van der Waals surface area contributed by atoms with Crippen LogP contribution in [-0.2, 0) is 4.79 Å². The predicted molar refractivity (Wildman–Crippen MR) is 88.7 cm³/mol. The van der Waals surface area contributed by atoms with Crippen LogP contribution in [0.1, 0.15) is 51.9 Å². The molecule has 21 heavy (non-hydrogen) atoms. The molecule has 0 aromatic rings. The van der Waals surface area contributed by atoms with E-state index >= 15 is 0 Å². The number of piperidine rings is 1. The van der Waals surface area contributed by atoms with Crippen molar-refractivity contribution in [2.24, 2.45) is 10.9 Å². The molecule has 2 heterocycles. The number of amides is 1. The maximum atomic E-state index is 12.1. The van der Waals surface area contributed by atoms with Gasteiger partial charge in [-0.15, -0.1) is 0 Å². The Kier molecular flexibility index (Phi) is 4.77. The van der Waals surface area contributed by atoms with E-state index in [0.717, 1.165) is 42.8 Å². The fourth-order valence-electron chi connectivity index (χ4n) is 3.56. The fourth-order valence-corrected chi connectivity index (χ4v) is 4.78. The van der Waals surface area contributed by atoms with E-state index in [-0.39, 0.29) is 11.4 Å². The minimum absolute atomic E-state index is 0.197. The molecule has 0 aromatic carbocycles. The Labute approximate surface area is 132 Å². The Morgan fingerprint density at radius 3 is 2.76 bits per heavy atom. The number of likely N-dealkylation sites (tertiary alicyclic amines) is 1. The van der Waals surface area contributed by atoms with E-state index in [1.807, 2.05) is 4.90 Å². The zero-order chi connectivity index (χ0) is 14.7. The highest BCUT2D eigenvalue weighted by atomic mass is 32.2. The first-order valence-electron chi connectivity index (χ1n) is 8.40. The van der Waals surface area contributed by atoms with E-state index < -0.39 is 0 Å². The monoisotopic (exact) mass is 309 g/mol. The molecule has 1 amide bonds. The van der Waals surface area contributed by atoms with Gasteiger partial charge in [-0.25, -0.2) is 0 Å². The van der Waals surface area contributed by atoms with Gasteiger partial charge >= 0.3 is 0 Å². The number of thioether (sulfide) groups is 1. The Hall–Kier alpha value is -0.710. The number of amidine groups is 1. The summed E-state index contributed by atoms with van der Waals surface area (Å²) in [5.41, 5.74) is 0.268. The Morgan fingerprint density at radius 1 is 1.33 bits per heavy atom. The van der Waals surface area contributed by atoms with Crippen LogP contribution in [-0.4, -0.2) is 46.9 Å². The van der Waals surface area contributed by atoms with E-state index in [9.17, 15) is 4.79 Å². The number of aliphatic imine (C=N–C) groups is 1. The normalized spacial score (nSPS) is 35.2. The van der Waals surface area contributed by atoms with Gasteiger partial charge in [-0.05, 0) is 50.9 Å². The quantitative estimate of drug-likeness (QED) is 0.853. The molecule has 4 nitrogen and oxygen atoms in total. The largest absolute Gasteiger partial charge is 0.359 e. The van der Waals surface area contributed by atoms with Crippen molar-refractivity contribution in [3.63, 3.8) is 0 Å². The highest BCUT2D eigenvalue weighted by Crippen LogP contribution is 2.38. The maximum Gasteiger partial charge on any atom is 0.244 e. The van der Waals surface area contributed by atoms with Crippen LogP contribution >= 0.6 is 11.8 Å². The molecular weight excluding hydrogens is 282 g/mol. The van der Waals surface area contributed by atoms with Gasteiger partial charge in [0.1, 0.15) is 6.54 Å². The van der Waals surface area contributed by atoms with E-state index in [1.165, 1.54) is 32.1 Å². The van der Waals surface area contributed by atoms with Crippen LogP contribution < -0.4 is 5.32 Å². The number of hydrogen-bond acceptors (Lipinski definition) is 3. The zero-order valence-electron chi connectivity index (χ0n) is 13.1. The molecule has 5 heteroatoms. The first kappa shape index (κ1) is 15.2. The zero-order valence-corrected chi connectivity index (χ0v) is 13.9. The molecule has 2 saturated heterocycles. The first-order chi connectivity index (χ1) is 10.2. The van der Waals surface area contributed by atoms with Gasteiger partial charge in [0.05, 0.1) is 0 Å². The first-order valence-corrected chi connectivity index (χ1v) is 9.39. The minimum atomic E-state index is 0.197. The Balaban J connectivity index is 1.50. The highest BCUT2D eigenvalue weighted by molar-refractivity contribution is 8.14. The number of nitrogens with one attached hydrogen (secondary N) is 1. The third kappa shape index (κ3) is 3.74. The smallest absolute Gasteiger partial charge is 0.244 e. The lowest BCUT2D eigenvalue weighted by Gasteiger charge is -2.35. The van der Waals surface area contributed by atoms with E-state index in [4.69, 9.17) is 0 Å². The molecule has 118 valence electrons. The average molecular weight is 309 g/mol. The molecule has 0 unspecified atom stereocenters. The fraction of sp³-hybridized carbons (Fsp3) is 0.875. The van der Waals surface area contributed by atoms with E-state index in [1.54, 1.807) is 11.8 Å². The number of carbonyl (C=O) groups excluding carboxylic acids is 1. The van der Waals surface area contributed by atoms with Gasteiger partial charge < -0.3 is 10.2 Å². The van der Waals surface area contributed by atoms with Gasteiger partial charge in [-0.3, -0.25) is 9.79 Å². The standard InChI is InChI=1S/C16H27N3OS/c1-13-5-7-16(8-6-13)12-21-15(18-16)17-11-14(20)19-9-3-2-4-10-19/h13H,2-12H2,1H3,(H,17,18). The summed E-state index contributed by atoms with van der Waals surface area (Å²) in [7, 11) is 0. The second-order valence-corrected chi connectivity index (χ2v) is 7.90. The molecule has 1 aliphatic carbocycles. The van der Waals surface area contributed by atoms with Crippen molar-refractivity contribution in [2.45, 2.75) is 57.4 Å². The number of hydrogen-bond donors (Lipinski definition) is 1. The molecule has 0 atom stereocenters. The minimum Gasteiger partial charge on any atom is -0.359 e. The topological polar surface area (TPSA) is 44.7 Å². The molecule has 3 rings (SSSR count). The van der Waals surface area contributed by atoms with E-state index in [0.29, 0.717) is 6.54 Å². The number of nitrogens with zero attached hydrogens (tertiary/aromatic N) is 2. The van der Waals surface area contributed by atoms with Crippen LogP contribution in [0.3, 0.4) is 0 Å². The molecule has 1 N–H and O–H groups in total. The van der Waals surface area contributed by atoms with Gasteiger partial charge in [0.25, 0.3) is 0 Å². The Bertz CT molecular complexity index is 410. The predicted octanol–water partition coefficient (Wildman–Crippen LogP) is 2.64. The van der Waals surface area contributed by atoms with Crippen LogP contribution in [0.25, 0.3) is 0 Å². The van der Waals surface area contributed by atoms with Crippen LogP contribution in [0.5, 0.6) is 0 Å². The molecule has 0 aromatic heterocycles. The van der Waals surface area contributed by atoms with Crippen molar-refractivity contribution in [1.82, 2.24) is 10.2 Å². The van der Waals surface area contributed by atoms with Crippen molar-refractivity contribution < 1.29 is 4.79 Å². The van der Waals surface area contributed by atoms with Gasteiger partial charge in [-0.2, -0.15) is 0 Å². The summed E-state index contributed by atoms with van der Waals surface area (Å²) in [6.45, 7) is 4.52. The third-order valence-electron chi connectivity index (χ3n) is 5.16. The number of rotatable bonds is 2. The van der Waals surface area contributed by atoms with Crippen molar-refractivity contribution in [1.29, 1.82) is 0 Å². The van der Waals surface area contributed by atoms with Gasteiger partial charge in [0, 0.05) is 24.4 Å². The van der Waals surface area contributed by atoms with Crippen molar-refractivity contribution in [2.75, 3.05) is 25.4 Å². The molecule has 1 spiro atoms. The summed E-state index contributed by atoms with van der Waals surface area (Å²) in [5, 5.41) is 4.62. The molecule has 1 saturated carbocycles. The number of carbonyl (C=O) groups is 1. The van der Waals surface area contributed by atoms with Crippen LogP contribution in [0.4, 0.5) is 0 Å². The molecule has 3 aliphatic rings. The van der Waals surface area contributed by atoms with Crippen molar-refractivity contribution >= 4 is 22.8 Å². The lowest BCUT2D eigenvalue weighted by molar-refractivity contribution is -0.130. The average Bonchev–Trinajstić information content (AvgIpc) is 2.92. The highest BCUT2D eigenvalue weighted by Gasteiger charge is 2.39. The summed E-state index contributed by atoms with van der Waals surface area (Å²) in [6, 6.07) is 0. The molecule has 3 fully saturated rings. The Morgan fingerprint density at radius 2 is 2.05 bits per heavy atom. The second-order valence-electron chi connectivity index (χ2n) is 6.94. The molecule has 0 radical (unpaired) electrons.